The van der Waals surface area contributed by atoms with E-state index in [0.717, 1.165) is 51.7 Å². The molecule has 1 aliphatic rings. The van der Waals surface area contributed by atoms with Gasteiger partial charge >= 0.3 is 0 Å². The van der Waals surface area contributed by atoms with Crippen molar-refractivity contribution in [3.05, 3.63) is 85.2 Å². The van der Waals surface area contributed by atoms with Crippen LogP contribution in [0, 0.1) is 0 Å². The highest BCUT2D eigenvalue weighted by atomic mass is 79.9. The average Bonchev–Trinajstić information content (AvgIpc) is 3.32. The maximum absolute atomic E-state index is 13.2. The van der Waals surface area contributed by atoms with Crippen LogP contribution in [0.25, 0.3) is 10.2 Å². The summed E-state index contributed by atoms with van der Waals surface area (Å²) in [6, 6.07) is 12.5. The van der Waals surface area contributed by atoms with Crippen molar-refractivity contribution in [1.82, 2.24) is 15.0 Å². The number of benzene rings is 2. The fourth-order valence-corrected chi connectivity index (χ4v) is 5.93. The molecule has 0 saturated heterocycles. The molecule has 0 radical (unpaired) electrons. The molecule has 1 atom stereocenters. The van der Waals surface area contributed by atoms with E-state index in [4.69, 9.17) is 9.47 Å². The number of halogens is 1. The van der Waals surface area contributed by atoms with Crippen molar-refractivity contribution >= 4 is 49.6 Å². The van der Waals surface area contributed by atoms with Crippen molar-refractivity contribution in [2.45, 2.75) is 45.3 Å². The molecule has 10 heteroatoms. The minimum atomic E-state index is -0.764. The van der Waals surface area contributed by atoms with Gasteiger partial charge < -0.3 is 9.47 Å². The first-order valence-corrected chi connectivity index (χ1v) is 13.9. The molecular formula is C28H27BrN4O4S. The second-order valence-corrected chi connectivity index (χ2v) is 11.1. The van der Waals surface area contributed by atoms with Crippen LogP contribution in [0.4, 0.5) is 0 Å². The van der Waals surface area contributed by atoms with Gasteiger partial charge in [0.2, 0.25) is 0 Å². The van der Waals surface area contributed by atoms with Crippen LogP contribution in [0.5, 0.6) is 11.5 Å². The maximum atomic E-state index is 13.2. The van der Waals surface area contributed by atoms with Crippen LogP contribution in [-0.2, 0) is 24.2 Å². The molecule has 2 aromatic carbocycles. The van der Waals surface area contributed by atoms with E-state index in [-0.39, 0.29) is 5.56 Å². The van der Waals surface area contributed by atoms with Gasteiger partial charge in [0.25, 0.3) is 11.5 Å². The molecule has 2 heterocycles. The zero-order valence-electron chi connectivity index (χ0n) is 21.1. The third-order valence-corrected chi connectivity index (χ3v) is 8.31. The minimum Gasteiger partial charge on any atom is -0.493 e. The number of carbonyl (C=O) groups excluding carboxylic acids is 1. The molecule has 0 saturated carbocycles. The Morgan fingerprint density at radius 3 is 2.79 bits per heavy atom. The number of fused-ring (bicyclic) bond motifs is 3. The van der Waals surface area contributed by atoms with Gasteiger partial charge in [-0.2, -0.15) is 5.10 Å². The number of methoxy groups -OCH3 is 1. The molecule has 4 aromatic rings. The number of thiophene rings is 1. The lowest BCUT2D eigenvalue weighted by Crippen LogP contribution is -2.34. The molecule has 0 unspecified atom stereocenters. The molecule has 0 fully saturated rings. The second kappa shape index (κ2) is 11.5. The van der Waals surface area contributed by atoms with Crippen LogP contribution >= 0.6 is 27.3 Å². The number of aromatic nitrogens is 2. The molecule has 38 heavy (non-hydrogen) atoms. The molecule has 0 spiro atoms. The molecule has 0 aliphatic heterocycles. The summed E-state index contributed by atoms with van der Waals surface area (Å²) < 4.78 is 13.8. The van der Waals surface area contributed by atoms with Gasteiger partial charge in [0.15, 0.2) is 11.5 Å². The number of aryl methyl sites for hydroxylation is 2. The molecular weight excluding hydrogens is 568 g/mol. The van der Waals surface area contributed by atoms with E-state index in [2.05, 4.69) is 31.4 Å². The van der Waals surface area contributed by atoms with Gasteiger partial charge in [-0.1, -0.05) is 28.1 Å². The van der Waals surface area contributed by atoms with Crippen molar-refractivity contribution in [3.8, 4) is 11.5 Å². The zero-order chi connectivity index (χ0) is 26.6. The van der Waals surface area contributed by atoms with Crippen LogP contribution in [0.15, 0.2) is 63.2 Å². The summed E-state index contributed by atoms with van der Waals surface area (Å²) in [5, 5.41) is 4.75. The number of hydrogen-bond donors (Lipinski definition) is 1. The fraction of sp³-hybridized carbons (Fsp3) is 0.286. The van der Waals surface area contributed by atoms with Crippen molar-refractivity contribution in [1.29, 1.82) is 0 Å². The topological polar surface area (TPSA) is 94.8 Å². The van der Waals surface area contributed by atoms with Crippen LogP contribution in [0.3, 0.4) is 0 Å². The Bertz CT molecular complexity index is 1560. The first-order chi connectivity index (χ1) is 18.4. The van der Waals surface area contributed by atoms with E-state index in [1.54, 1.807) is 37.5 Å². The van der Waals surface area contributed by atoms with E-state index < -0.39 is 11.9 Å². The number of hydrazone groups is 1. The molecule has 196 valence electrons. The lowest BCUT2D eigenvalue weighted by molar-refractivity contribution is -0.123. The molecule has 2 aromatic heterocycles. The summed E-state index contributed by atoms with van der Waals surface area (Å²) in [5.74, 6) is 0.744. The van der Waals surface area contributed by atoms with Crippen LogP contribution in [0.2, 0.25) is 0 Å². The largest absolute Gasteiger partial charge is 0.493 e. The van der Waals surface area contributed by atoms with Crippen LogP contribution in [-0.4, -0.2) is 28.8 Å². The normalized spacial score (nSPS) is 13.9. The standard InChI is InChI=1S/C28H27BrN4O4S/c1-17(33-16-30-27-25(28(33)35)21-5-3-4-6-24(21)38-27)26(34)32-31-14-19-9-12-22(23(13-19)36-2)37-15-18-7-10-20(29)11-8-18/h7-14,16-17H,3-6,15H2,1-2H3,(H,32,34)/b31-14-/t17-/m1/s1. The number of nitrogens with zero attached hydrogens (tertiary/aromatic N) is 3. The third-order valence-electron chi connectivity index (χ3n) is 6.58. The first-order valence-electron chi connectivity index (χ1n) is 12.3. The number of nitrogens with one attached hydrogen (secondary N) is 1. The van der Waals surface area contributed by atoms with Crippen LogP contribution in [0.1, 0.15) is 47.4 Å². The van der Waals surface area contributed by atoms with Gasteiger partial charge in [-0.15, -0.1) is 11.3 Å². The Morgan fingerprint density at radius 2 is 2.00 bits per heavy atom. The number of carbonyl (C=O) groups is 1. The van der Waals surface area contributed by atoms with E-state index in [0.29, 0.717) is 23.5 Å². The average molecular weight is 596 g/mol. The van der Waals surface area contributed by atoms with E-state index in [9.17, 15) is 9.59 Å². The summed E-state index contributed by atoms with van der Waals surface area (Å²) >= 11 is 5.02. The number of amides is 1. The smallest absolute Gasteiger partial charge is 0.263 e. The molecule has 0 bridgehead atoms. The quantitative estimate of drug-likeness (QED) is 0.218. The summed E-state index contributed by atoms with van der Waals surface area (Å²) in [7, 11) is 1.57. The van der Waals surface area contributed by atoms with E-state index >= 15 is 0 Å². The summed E-state index contributed by atoms with van der Waals surface area (Å²) in [4.78, 5) is 32.5. The minimum absolute atomic E-state index is 0.176. The lowest BCUT2D eigenvalue weighted by atomic mass is 9.97. The Morgan fingerprint density at radius 1 is 1.21 bits per heavy atom. The van der Waals surface area contributed by atoms with Gasteiger partial charge in [0, 0.05) is 9.35 Å². The summed E-state index contributed by atoms with van der Waals surface area (Å²) in [5.41, 5.74) is 5.21. The second-order valence-electron chi connectivity index (χ2n) is 9.08. The summed E-state index contributed by atoms with van der Waals surface area (Å²) in [6.07, 6.45) is 7.06. The monoisotopic (exact) mass is 594 g/mol. The van der Waals surface area contributed by atoms with Gasteiger partial charge in [-0.3, -0.25) is 14.2 Å². The van der Waals surface area contributed by atoms with Crippen molar-refractivity contribution < 1.29 is 14.3 Å². The van der Waals surface area contributed by atoms with Gasteiger partial charge in [-0.05, 0) is 79.6 Å². The Hall–Kier alpha value is -3.50. The zero-order valence-corrected chi connectivity index (χ0v) is 23.5. The third kappa shape index (κ3) is 5.51. The molecule has 5 rings (SSSR count). The number of rotatable bonds is 8. The van der Waals surface area contributed by atoms with Gasteiger partial charge in [-0.25, -0.2) is 10.4 Å². The first kappa shape index (κ1) is 26.1. The summed E-state index contributed by atoms with van der Waals surface area (Å²) in [6.45, 7) is 2.07. The van der Waals surface area contributed by atoms with E-state index in [1.165, 1.54) is 22.0 Å². The Labute approximate surface area is 232 Å². The Kier molecular flexibility index (Phi) is 7.90. The predicted molar refractivity (Wildman–Crippen MR) is 152 cm³/mol. The lowest BCUT2D eigenvalue weighted by Gasteiger charge is -2.14. The molecule has 1 aliphatic carbocycles. The number of ether oxygens (including phenoxy) is 2. The fourth-order valence-electron chi connectivity index (χ4n) is 4.45. The van der Waals surface area contributed by atoms with E-state index in [1.807, 2.05) is 30.3 Å². The Balaban J connectivity index is 1.25. The van der Waals surface area contributed by atoms with Crippen molar-refractivity contribution in [2.24, 2.45) is 5.10 Å². The highest BCUT2D eigenvalue weighted by Crippen LogP contribution is 2.33. The molecule has 8 nitrogen and oxygen atoms in total. The predicted octanol–water partition coefficient (Wildman–Crippen LogP) is 5.40. The SMILES string of the molecule is COc1cc(/C=N\NC(=O)[C@@H](C)n2cnc3sc4c(c3c2=O)CCCC4)ccc1OCc1ccc(Br)cc1. The molecule has 1 amide bonds. The van der Waals surface area contributed by atoms with Crippen LogP contribution < -0.4 is 20.5 Å². The molecule has 1 N–H and O–H groups in total. The van der Waals surface area contributed by atoms with Crippen molar-refractivity contribution in [3.63, 3.8) is 0 Å². The van der Waals surface area contributed by atoms with Gasteiger partial charge in [0.1, 0.15) is 17.5 Å². The highest BCUT2D eigenvalue weighted by Gasteiger charge is 2.23. The highest BCUT2D eigenvalue weighted by molar-refractivity contribution is 9.10. The number of hydrogen-bond acceptors (Lipinski definition) is 7. The maximum Gasteiger partial charge on any atom is 0.263 e. The van der Waals surface area contributed by atoms with Gasteiger partial charge in [0.05, 0.1) is 25.0 Å². The van der Waals surface area contributed by atoms with Crippen molar-refractivity contribution in [2.75, 3.05) is 7.11 Å².